The van der Waals surface area contributed by atoms with Crippen LogP contribution in [0.4, 0.5) is 11.9 Å². The molecule has 0 saturated heterocycles. The van der Waals surface area contributed by atoms with Crippen LogP contribution in [-0.2, 0) is 0 Å². The van der Waals surface area contributed by atoms with E-state index in [1.165, 1.54) is 0 Å². The minimum absolute atomic E-state index is 0.196. The third-order valence-electron chi connectivity index (χ3n) is 2.11. The van der Waals surface area contributed by atoms with Crippen molar-refractivity contribution < 1.29 is 0 Å². The van der Waals surface area contributed by atoms with Gasteiger partial charge in [0.2, 0.25) is 17.2 Å². The lowest BCUT2D eigenvalue weighted by atomic mass is 10.3. The SMILES string of the molecule is CCSCCC(C)Nc1nc(Cl)nc(NC)n1. The van der Waals surface area contributed by atoms with E-state index in [1.807, 2.05) is 11.8 Å². The molecule has 1 unspecified atom stereocenters. The molecule has 0 spiro atoms. The number of halogens is 1. The quantitative estimate of drug-likeness (QED) is 0.746. The molecule has 0 amide bonds. The maximum absolute atomic E-state index is 5.79. The molecule has 2 N–H and O–H groups in total. The van der Waals surface area contributed by atoms with Gasteiger partial charge in [0.05, 0.1) is 0 Å². The number of nitrogens with zero attached hydrogens (tertiary/aromatic N) is 3. The molecule has 0 aliphatic heterocycles. The summed E-state index contributed by atoms with van der Waals surface area (Å²) in [6.07, 6.45) is 1.07. The zero-order valence-electron chi connectivity index (χ0n) is 10.3. The summed E-state index contributed by atoms with van der Waals surface area (Å²) in [6, 6.07) is 0.317. The van der Waals surface area contributed by atoms with Gasteiger partial charge >= 0.3 is 0 Å². The van der Waals surface area contributed by atoms with Crippen molar-refractivity contribution in [3.8, 4) is 0 Å². The highest BCUT2D eigenvalue weighted by molar-refractivity contribution is 7.99. The molecule has 1 heterocycles. The summed E-state index contributed by atoms with van der Waals surface area (Å²) >= 11 is 7.72. The molecular weight excluding hydrogens is 258 g/mol. The van der Waals surface area contributed by atoms with E-state index < -0.39 is 0 Å². The van der Waals surface area contributed by atoms with Crippen LogP contribution < -0.4 is 10.6 Å². The summed E-state index contributed by atoms with van der Waals surface area (Å²) < 4.78 is 0. The standard InChI is InChI=1S/C10H18ClN5S/c1-4-17-6-5-7(2)13-10-15-8(11)14-9(12-3)16-10/h7H,4-6H2,1-3H3,(H2,12,13,14,15,16). The molecule has 0 fully saturated rings. The zero-order valence-corrected chi connectivity index (χ0v) is 11.9. The molecule has 96 valence electrons. The number of anilines is 2. The smallest absolute Gasteiger partial charge is 0.229 e. The van der Waals surface area contributed by atoms with Crippen molar-refractivity contribution in [2.75, 3.05) is 29.2 Å². The summed E-state index contributed by atoms with van der Waals surface area (Å²) in [7, 11) is 1.75. The Morgan fingerprint density at radius 3 is 2.65 bits per heavy atom. The van der Waals surface area contributed by atoms with Crippen LogP contribution in [0, 0.1) is 0 Å². The Morgan fingerprint density at radius 1 is 1.29 bits per heavy atom. The van der Waals surface area contributed by atoms with Crippen LogP contribution in [0.5, 0.6) is 0 Å². The van der Waals surface area contributed by atoms with Gasteiger partial charge in [0.15, 0.2) is 0 Å². The van der Waals surface area contributed by atoms with Crippen LogP contribution in [-0.4, -0.2) is 39.5 Å². The van der Waals surface area contributed by atoms with E-state index in [-0.39, 0.29) is 5.28 Å². The van der Waals surface area contributed by atoms with Gasteiger partial charge in [-0.2, -0.15) is 26.7 Å². The second-order valence-corrected chi connectivity index (χ2v) is 5.26. The van der Waals surface area contributed by atoms with E-state index in [0.29, 0.717) is 17.9 Å². The Kier molecular flexibility index (Phi) is 6.36. The maximum Gasteiger partial charge on any atom is 0.229 e. The first kappa shape index (κ1) is 14.3. The Labute approximate surface area is 111 Å². The molecule has 0 aliphatic rings. The first-order valence-corrected chi connectivity index (χ1v) is 7.12. The number of nitrogens with one attached hydrogen (secondary N) is 2. The van der Waals surface area contributed by atoms with Crippen LogP contribution in [0.3, 0.4) is 0 Å². The second kappa shape index (κ2) is 7.55. The predicted octanol–water partition coefficient (Wildman–Crippen LogP) is 2.51. The summed E-state index contributed by atoms with van der Waals surface area (Å²) in [4.78, 5) is 12.1. The Bertz CT molecular complexity index is 349. The Balaban J connectivity index is 2.52. The maximum atomic E-state index is 5.79. The second-order valence-electron chi connectivity index (χ2n) is 3.53. The highest BCUT2D eigenvalue weighted by Gasteiger charge is 2.07. The topological polar surface area (TPSA) is 62.7 Å². The molecule has 1 aromatic rings. The molecule has 7 heteroatoms. The van der Waals surface area contributed by atoms with E-state index in [2.05, 4.69) is 39.4 Å². The average Bonchev–Trinajstić information content (AvgIpc) is 2.28. The summed E-state index contributed by atoms with van der Waals surface area (Å²) in [6.45, 7) is 4.26. The minimum atomic E-state index is 0.196. The van der Waals surface area contributed by atoms with E-state index in [4.69, 9.17) is 11.6 Å². The van der Waals surface area contributed by atoms with Crippen LogP contribution in [0.15, 0.2) is 0 Å². The summed E-state index contributed by atoms with van der Waals surface area (Å²) in [5.74, 6) is 3.27. The molecule has 1 rings (SSSR count). The van der Waals surface area contributed by atoms with Gasteiger partial charge < -0.3 is 10.6 Å². The number of hydrogen-bond donors (Lipinski definition) is 2. The van der Waals surface area contributed by atoms with Crippen LogP contribution >= 0.6 is 23.4 Å². The fourth-order valence-corrected chi connectivity index (χ4v) is 2.19. The molecule has 1 atom stereocenters. The Hall–Kier alpha value is -0.750. The summed E-state index contributed by atoms with van der Waals surface area (Å²) in [5.41, 5.74) is 0. The molecule has 0 aromatic carbocycles. The van der Waals surface area contributed by atoms with Gasteiger partial charge in [-0.05, 0) is 36.5 Å². The average molecular weight is 276 g/mol. The molecule has 1 aromatic heterocycles. The van der Waals surface area contributed by atoms with Crippen molar-refractivity contribution in [1.29, 1.82) is 0 Å². The van der Waals surface area contributed by atoms with Crippen molar-refractivity contribution in [2.24, 2.45) is 0 Å². The van der Waals surface area contributed by atoms with Crippen molar-refractivity contribution in [3.05, 3.63) is 5.28 Å². The molecule has 5 nitrogen and oxygen atoms in total. The molecule has 0 aliphatic carbocycles. The molecule has 17 heavy (non-hydrogen) atoms. The van der Waals surface area contributed by atoms with Gasteiger partial charge in [0.25, 0.3) is 0 Å². The largest absolute Gasteiger partial charge is 0.357 e. The van der Waals surface area contributed by atoms with E-state index in [1.54, 1.807) is 7.05 Å². The lowest BCUT2D eigenvalue weighted by Crippen LogP contribution is -2.18. The van der Waals surface area contributed by atoms with E-state index >= 15 is 0 Å². The van der Waals surface area contributed by atoms with Crippen molar-refractivity contribution in [2.45, 2.75) is 26.3 Å². The number of rotatable bonds is 7. The van der Waals surface area contributed by atoms with E-state index in [9.17, 15) is 0 Å². The van der Waals surface area contributed by atoms with Crippen molar-refractivity contribution in [1.82, 2.24) is 15.0 Å². The van der Waals surface area contributed by atoms with Gasteiger partial charge in [-0.1, -0.05) is 6.92 Å². The van der Waals surface area contributed by atoms with Crippen molar-refractivity contribution >= 4 is 35.3 Å². The highest BCUT2D eigenvalue weighted by atomic mass is 35.5. The van der Waals surface area contributed by atoms with Crippen molar-refractivity contribution in [3.63, 3.8) is 0 Å². The number of thioether (sulfide) groups is 1. The van der Waals surface area contributed by atoms with Crippen LogP contribution in [0.1, 0.15) is 20.3 Å². The first-order valence-electron chi connectivity index (χ1n) is 5.59. The Morgan fingerprint density at radius 2 is 2.00 bits per heavy atom. The van der Waals surface area contributed by atoms with Gasteiger partial charge in [-0.25, -0.2) is 0 Å². The fourth-order valence-electron chi connectivity index (χ4n) is 1.22. The number of aromatic nitrogens is 3. The van der Waals surface area contributed by atoms with Gasteiger partial charge in [-0.15, -0.1) is 0 Å². The zero-order chi connectivity index (χ0) is 12.7. The molecule has 0 bridgehead atoms. The van der Waals surface area contributed by atoms with Crippen LogP contribution in [0.25, 0.3) is 0 Å². The van der Waals surface area contributed by atoms with Gasteiger partial charge in [0, 0.05) is 13.1 Å². The van der Waals surface area contributed by atoms with E-state index in [0.717, 1.165) is 17.9 Å². The normalized spacial score (nSPS) is 12.2. The first-order chi connectivity index (χ1) is 8.15. The van der Waals surface area contributed by atoms with Gasteiger partial charge in [-0.3, -0.25) is 0 Å². The third kappa shape index (κ3) is 5.41. The summed E-state index contributed by atoms with van der Waals surface area (Å²) in [5, 5.41) is 6.26. The monoisotopic (exact) mass is 275 g/mol. The predicted molar refractivity (Wildman–Crippen MR) is 75.1 cm³/mol. The molecule has 0 radical (unpaired) electrons. The molecular formula is C10H18ClN5S. The molecule has 0 saturated carbocycles. The van der Waals surface area contributed by atoms with Gasteiger partial charge in [0.1, 0.15) is 0 Å². The minimum Gasteiger partial charge on any atom is -0.357 e. The lowest BCUT2D eigenvalue weighted by Gasteiger charge is -2.13. The third-order valence-corrected chi connectivity index (χ3v) is 3.21. The lowest BCUT2D eigenvalue weighted by molar-refractivity contribution is 0.758. The fraction of sp³-hybridized carbons (Fsp3) is 0.700. The number of hydrogen-bond acceptors (Lipinski definition) is 6. The highest BCUT2D eigenvalue weighted by Crippen LogP contribution is 2.12. The van der Waals surface area contributed by atoms with Crippen LogP contribution in [0.2, 0.25) is 5.28 Å².